The predicted molar refractivity (Wildman–Crippen MR) is 371 cm³/mol. The van der Waals surface area contributed by atoms with Crippen LogP contribution in [-0.2, 0) is 55.8 Å². The second-order valence-corrected chi connectivity index (χ2v) is 24.7. The third-order valence-electron chi connectivity index (χ3n) is 13.2. The number of carbonyl (C=O) groups excluding carboxylic acids is 3. The van der Waals surface area contributed by atoms with Crippen molar-refractivity contribution in [3.05, 3.63) is 158 Å². The predicted octanol–water partition coefficient (Wildman–Crippen LogP) is 18.7. The maximum atomic E-state index is 12.9. The number of carbonyl (C=O) groups is 3. The summed E-state index contributed by atoms with van der Waals surface area (Å²) in [5.74, 6) is -1.67. The van der Waals surface area contributed by atoms with Gasteiger partial charge < -0.3 is 34.2 Å². The number of hydrogen-bond donors (Lipinski definition) is 4. The van der Waals surface area contributed by atoms with Crippen LogP contribution in [0.4, 0.5) is 0 Å². The quantitative estimate of drug-likeness (QED) is 0.0146. The smallest absolute Gasteiger partial charge is 0.463 e. The molecule has 0 aliphatic heterocycles. The van der Waals surface area contributed by atoms with Gasteiger partial charge in [-0.05, 0) is 141 Å². The Morgan fingerprint density at radius 2 is 0.549 bits per heavy atom. The van der Waals surface area contributed by atoms with Crippen molar-refractivity contribution < 1.29 is 75.8 Å². The first-order valence-electron chi connectivity index (χ1n) is 33.8. The maximum absolute atomic E-state index is 12.9. The summed E-state index contributed by atoms with van der Waals surface area (Å²) in [5.41, 5.74) is 0. The molecule has 0 heterocycles. The van der Waals surface area contributed by atoms with Crippen LogP contribution < -0.4 is 0 Å². The third-order valence-corrected chi connectivity index (χ3v) is 15.1. The number of phosphoric acid groups is 2. The monoisotopic (exact) mass is 1310 g/mol. The minimum atomic E-state index is -4.94. The molecule has 0 fully saturated rings. The minimum absolute atomic E-state index is 0.0746. The minimum Gasteiger partial charge on any atom is -0.463 e. The lowest BCUT2D eigenvalue weighted by molar-refractivity contribution is -0.161. The molecule has 0 aromatic carbocycles. The second-order valence-electron chi connectivity index (χ2n) is 21.8. The summed E-state index contributed by atoms with van der Waals surface area (Å²) < 4.78 is 60.8. The van der Waals surface area contributed by atoms with E-state index < -0.39 is 91.5 Å². The topological polar surface area (TPSA) is 231 Å². The van der Waals surface area contributed by atoms with Crippen molar-refractivity contribution in [2.24, 2.45) is 0 Å². The highest BCUT2D eigenvalue weighted by Gasteiger charge is 2.29. The Bertz CT molecular complexity index is 2290. The molecule has 0 radical (unpaired) electrons. The van der Waals surface area contributed by atoms with Gasteiger partial charge in [-0.3, -0.25) is 32.5 Å². The molecule has 0 aromatic rings. The number of aliphatic hydroxyl groups is 2. The van der Waals surface area contributed by atoms with E-state index in [-0.39, 0.29) is 19.3 Å². The summed E-state index contributed by atoms with van der Waals surface area (Å²) in [7, 11) is -9.81. The van der Waals surface area contributed by atoms with Crippen LogP contribution in [-0.4, -0.2) is 95.9 Å². The molecule has 0 saturated carbocycles. The average Bonchev–Trinajstić information content (AvgIpc) is 3.09. The van der Waals surface area contributed by atoms with Crippen LogP contribution in [0.3, 0.4) is 0 Å². The molecule has 91 heavy (non-hydrogen) atoms. The number of ether oxygens (including phenoxy) is 3. The Morgan fingerprint density at radius 1 is 0.308 bits per heavy atom. The first kappa shape index (κ1) is 86.2. The molecular weight excluding hydrogens is 1190 g/mol. The third kappa shape index (κ3) is 66.4. The second kappa shape index (κ2) is 65.2. The van der Waals surface area contributed by atoms with Gasteiger partial charge in [0.05, 0.1) is 26.4 Å². The molecular formula is C73H118O16P2. The summed E-state index contributed by atoms with van der Waals surface area (Å²) in [5, 5.41) is 20.5. The Morgan fingerprint density at radius 3 is 0.890 bits per heavy atom. The van der Waals surface area contributed by atoms with E-state index in [0.717, 1.165) is 167 Å². The fourth-order valence-corrected chi connectivity index (χ4v) is 9.75. The van der Waals surface area contributed by atoms with Gasteiger partial charge in [0.25, 0.3) is 0 Å². The lowest BCUT2D eigenvalue weighted by Gasteiger charge is -2.21. The Balaban J connectivity index is 4.75. The van der Waals surface area contributed by atoms with Crippen molar-refractivity contribution in [1.29, 1.82) is 0 Å². The summed E-state index contributed by atoms with van der Waals surface area (Å²) in [4.78, 5) is 58.4. The van der Waals surface area contributed by atoms with E-state index in [1.165, 1.54) is 0 Å². The van der Waals surface area contributed by atoms with Crippen LogP contribution >= 0.6 is 15.6 Å². The van der Waals surface area contributed by atoms with Crippen LogP contribution in [0.25, 0.3) is 0 Å². The summed E-state index contributed by atoms with van der Waals surface area (Å²) in [6.45, 7) is 2.20. The van der Waals surface area contributed by atoms with Gasteiger partial charge in [0.2, 0.25) is 0 Å². The molecule has 18 heteroatoms. The highest BCUT2D eigenvalue weighted by Crippen LogP contribution is 2.45. The number of rotatable bonds is 62. The van der Waals surface area contributed by atoms with Gasteiger partial charge in [-0.2, -0.15) is 0 Å². The molecule has 5 unspecified atom stereocenters. The van der Waals surface area contributed by atoms with Gasteiger partial charge in [0.1, 0.15) is 25.4 Å². The molecule has 16 nitrogen and oxygen atoms in total. The van der Waals surface area contributed by atoms with Crippen molar-refractivity contribution in [3.8, 4) is 0 Å². The molecule has 0 bridgehead atoms. The molecule has 0 amide bonds. The lowest BCUT2D eigenvalue weighted by atomic mass is 10.1. The van der Waals surface area contributed by atoms with Gasteiger partial charge >= 0.3 is 33.6 Å². The van der Waals surface area contributed by atoms with E-state index in [1.807, 2.05) is 0 Å². The Hall–Kier alpha value is -4.83. The molecule has 516 valence electrons. The number of aliphatic hydroxyl groups excluding tert-OH is 2. The van der Waals surface area contributed by atoms with Gasteiger partial charge in [0, 0.05) is 19.3 Å². The van der Waals surface area contributed by atoms with Crippen LogP contribution in [0.2, 0.25) is 0 Å². The largest absolute Gasteiger partial charge is 0.472 e. The molecule has 0 spiro atoms. The number of unbranched alkanes of at least 4 members (excludes halogenated alkanes) is 13. The van der Waals surface area contributed by atoms with Crippen molar-refractivity contribution >= 4 is 33.6 Å². The highest BCUT2D eigenvalue weighted by atomic mass is 31.2. The highest BCUT2D eigenvalue weighted by molar-refractivity contribution is 7.47. The van der Waals surface area contributed by atoms with Crippen molar-refractivity contribution in [2.75, 3.05) is 39.6 Å². The zero-order valence-corrected chi connectivity index (χ0v) is 57.5. The van der Waals surface area contributed by atoms with E-state index in [2.05, 4.69) is 179 Å². The van der Waals surface area contributed by atoms with Gasteiger partial charge in [-0.15, -0.1) is 0 Å². The number of esters is 3. The average molecular weight is 1310 g/mol. The fourth-order valence-electron chi connectivity index (χ4n) is 8.16. The van der Waals surface area contributed by atoms with Crippen LogP contribution in [0.1, 0.15) is 226 Å². The van der Waals surface area contributed by atoms with Crippen LogP contribution in [0, 0.1) is 0 Å². The molecule has 0 saturated heterocycles. The van der Waals surface area contributed by atoms with Crippen LogP contribution in [0.15, 0.2) is 158 Å². The zero-order chi connectivity index (χ0) is 66.7. The molecule has 5 atom stereocenters. The van der Waals surface area contributed by atoms with Crippen LogP contribution in [0.5, 0.6) is 0 Å². The van der Waals surface area contributed by atoms with Crippen molar-refractivity contribution in [1.82, 2.24) is 0 Å². The van der Waals surface area contributed by atoms with Crippen molar-refractivity contribution in [3.63, 3.8) is 0 Å². The number of allylic oxidation sites excluding steroid dienone is 26. The number of phosphoric ester groups is 2. The summed E-state index contributed by atoms with van der Waals surface area (Å²) >= 11 is 0. The molecule has 0 aromatic heterocycles. The van der Waals surface area contributed by atoms with Gasteiger partial charge in [-0.25, -0.2) is 9.13 Å². The standard InChI is InChI=1S/C73H118O16P2/c1-4-7-10-13-16-19-22-25-28-30-32-33-35-37-39-41-44-47-50-53-56-59-71(76)83-62-68(74)63-85-90(79,80)86-64-69(75)65-87-91(81,82)88-67-70(89-73(78)61-58-55-52-49-46-43-38-27-24-21-18-15-12-9-6-3)66-84-72(77)60-57-54-51-48-45-42-40-36-34-31-29-26-23-20-17-14-11-8-5-2/h7-12,16-21,25-29,32-34,36-39,44,47,68-70,74-75H,4-6,13-15,22-24,30-31,35,40-43,45-46,48-67H2,1-3H3,(H,79,80)(H,81,82)/b10-7-,11-8-,12-9-,19-16-,20-17-,21-18-,28-25-,29-26-,33-32-,36-34-,38-27-,39-37-,47-44-. The van der Waals surface area contributed by atoms with Gasteiger partial charge in [-0.1, -0.05) is 224 Å². The molecule has 0 aliphatic rings. The first-order chi connectivity index (χ1) is 44.2. The van der Waals surface area contributed by atoms with E-state index >= 15 is 0 Å². The molecule has 4 N–H and O–H groups in total. The fraction of sp³-hybridized carbons (Fsp3) is 0.603. The lowest BCUT2D eigenvalue weighted by Crippen LogP contribution is -2.30. The molecule has 0 aliphatic carbocycles. The summed E-state index contributed by atoms with van der Waals surface area (Å²) in [6, 6.07) is 0. The van der Waals surface area contributed by atoms with E-state index in [9.17, 15) is 43.5 Å². The zero-order valence-electron chi connectivity index (χ0n) is 55.7. The number of hydrogen-bond acceptors (Lipinski definition) is 14. The van der Waals surface area contributed by atoms with E-state index in [0.29, 0.717) is 19.3 Å². The first-order valence-corrected chi connectivity index (χ1v) is 36.8. The normalized spacial score (nSPS) is 15.2. The molecule has 0 rings (SSSR count). The maximum Gasteiger partial charge on any atom is 0.472 e. The van der Waals surface area contributed by atoms with E-state index in [4.69, 9.17) is 32.3 Å². The van der Waals surface area contributed by atoms with Crippen molar-refractivity contribution in [2.45, 2.75) is 245 Å². The van der Waals surface area contributed by atoms with Gasteiger partial charge in [0.15, 0.2) is 6.10 Å². The van der Waals surface area contributed by atoms with E-state index in [1.54, 1.807) is 0 Å². The Kier molecular flexibility index (Phi) is 61.8. The summed E-state index contributed by atoms with van der Waals surface area (Å²) in [6.07, 6.45) is 78.7. The Labute approximate surface area is 549 Å². The SMILES string of the molecule is CC/C=C\C/C=C\C/C=C\C/C=C\C/C=C\C/C=C\CCCCC(=O)OCC(O)COP(=O)(O)OCC(O)COP(=O)(O)OCC(COC(=O)CCCCCCCC/C=C\C/C=C\C/C=C\C/C=C\CC)OC(=O)CCCCCCC/C=C\C/C=C\C/C=C\CC.